The molecule has 7 heteroatoms. The topological polar surface area (TPSA) is 69.0 Å². The Kier molecular flexibility index (Phi) is 3.11. The Balaban J connectivity index is 1.85. The monoisotopic (exact) mass is 288 g/mol. The first-order chi connectivity index (χ1) is 9.65. The zero-order valence-corrected chi connectivity index (χ0v) is 11.8. The first kappa shape index (κ1) is 12.6. The van der Waals surface area contributed by atoms with Crippen LogP contribution in [0.2, 0.25) is 0 Å². The molecule has 0 radical (unpaired) electrons. The second-order valence-electron chi connectivity index (χ2n) is 4.18. The molecule has 0 bridgehead atoms. The summed E-state index contributed by atoms with van der Waals surface area (Å²) in [5.41, 5.74) is 1.19. The summed E-state index contributed by atoms with van der Waals surface area (Å²) in [6, 6.07) is 7.25. The average molecular weight is 288 g/mol. The number of nitrogens with zero attached hydrogens (tertiary/aromatic N) is 3. The SMILES string of the molecule is COc1ccc2nc(NC(=O)c3ccn(C)n3)sc2c1. The van der Waals surface area contributed by atoms with Crippen molar-refractivity contribution in [3.05, 3.63) is 36.2 Å². The molecule has 0 unspecified atom stereocenters. The molecule has 0 aliphatic rings. The van der Waals surface area contributed by atoms with E-state index >= 15 is 0 Å². The Hall–Kier alpha value is -2.41. The first-order valence-corrected chi connectivity index (χ1v) is 6.73. The third-order valence-corrected chi connectivity index (χ3v) is 3.70. The van der Waals surface area contributed by atoms with E-state index in [9.17, 15) is 4.79 Å². The number of ether oxygens (including phenoxy) is 1. The van der Waals surface area contributed by atoms with Crippen LogP contribution in [0.1, 0.15) is 10.5 Å². The van der Waals surface area contributed by atoms with Crippen LogP contribution < -0.4 is 10.1 Å². The van der Waals surface area contributed by atoms with Crippen molar-refractivity contribution in [1.82, 2.24) is 14.8 Å². The molecule has 0 aliphatic carbocycles. The Morgan fingerprint density at radius 1 is 1.40 bits per heavy atom. The summed E-state index contributed by atoms with van der Waals surface area (Å²) in [6.45, 7) is 0. The zero-order chi connectivity index (χ0) is 14.1. The molecule has 0 aliphatic heterocycles. The van der Waals surface area contributed by atoms with Crippen LogP contribution in [0.3, 0.4) is 0 Å². The Bertz CT molecular complexity index is 778. The fourth-order valence-electron chi connectivity index (χ4n) is 1.78. The van der Waals surface area contributed by atoms with Gasteiger partial charge in [-0.1, -0.05) is 11.3 Å². The Labute approximate surface area is 119 Å². The molecule has 0 atom stereocenters. The van der Waals surface area contributed by atoms with Crippen molar-refractivity contribution >= 4 is 32.6 Å². The minimum Gasteiger partial charge on any atom is -0.497 e. The molecule has 0 fully saturated rings. The molecule has 3 aromatic rings. The number of carbonyl (C=O) groups excluding carboxylic acids is 1. The number of aromatic nitrogens is 3. The summed E-state index contributed by atoms with van der Waals surface area (Å²) in [5, 5.41) is 7.35. The highest BCUT2D eigenvalue weighted by atomic mass is 32.1. The van der Waals surface area contributed by atoms with Gasteiger partial charge in [0.05, 0.1) is 17.3 Å². The van der Waals surface area contributed by atoms with Gasteiger partial charge in [0.1, 0.15) is 5.75 Å². The van der Waals surface area contributed by atoms with E-state index in [1.54, 1.807) is 31.1 Å². The molecular weight excluding hydrogens is 276 g/mol. The van der Waals surface area contributed by atoms with Crippen LogP contribution in [-0.2, 0) is 7.05 Å². The smallest absolute Gasteiger partial charge is 0.277 e. The molecule has 6 nitrogen and oxygen atoms in total. The van der Waals surface area contributed by atoms with Crippen molar-refractivity contribution in [3.63, 3.8) is 0 Å². The molecule has 1 aromatic carbocycles. The maximum Gasteiger partial charge on any atom is 0.277 e. The number of aryl methyl sites for hydroxylation is 1. The van der Waals surface area contributed by atoms with Crippen molar-refractivity contribution < 1.29 is 9.53 Å². The van der Waals surface area contributed by atoms with Gasteiger partial charge in [-0.25, -0.2) is 4.98 Å². The lowest BCUT2D eigenvalue weighted by Crippen LogP contribution is -2.12. The summed E-state index contributed by atoms with van der Waals surface area (Å²) in [6.07, 6.45) is 1.72. The highest BCUT2D eigenvalue weighted by molar-refractivity contribution is 7.22. The summed E-state index contributed by atoms with van der Waals surface area (Å²) in [5.74, 6) is 0.500. The van der Waals surface area contributed by atoms with E-state index in [1.165, 1.54) is 11.3 Å². The molecule has 102 valence electrons. The quantitative estimate of drug-likeness (QED) is 0.803. The molecule has 2 aromatic heterocycles. The number of amides is 1. The molecule has 20 heavy (non-hydrogen) atoms. The molecular formula is C13H12N4O2S. The standard InChI is InChI=1S/C13H12N4O2S/c1-17-6-5-10(16-17)12(18)15-13-14-9-4-3-8(19-2)7-11(9)20-13/h3-7H,1-2H3,(H,14,15,18). The van der Waals surface area contributed by atoms with Crippen LogP contribution in [-0.4, -0.2) is 27.8 Å². The van der Waals surface area contributed by atoms with Crippen molar-refractivity contribution in [2.24, 2.45) is 7.05 Å². The fourth-order valence-corrected chi connectivity index (χ4v) is 2.67. The van der Waals surface area contributed by atoms with Gasteiger partial charge in [0, 0.05) is 13.2 Å². The maximum absolute atomic E-state index is 12.0. The second-order valence-corrected chi connectivity index (χ2v) is 5.21. The molecule has 0 saturated heterocycles. The van der Waals surface area contributed by atoms with E-state index < -0.39 is 0 Å². The zero-order valence-electron chi connectivity index (χ0n) is 11.0. The normalized spacial score (nSPS) is 10.7. The Morgan fingerprint density at radius 2 is 2.25 bits per heavy atom. The van der Waals surface area contributed by atoms with Gasteiger partial charge in [-0.15, -0.1) is 0 Å². The molecule has 0 spiro atoms. The van der Waals surface area contributed by atoms with Gasteiger partial charge < -0.3 is 4.74 Å². The highest BCUT2D eigenvalue weighted by Gasteiger charge is 2.12. The summed E-state index contributed by atoms with van der Waals surface area (Å²) >= 11 is 1.40. The average Bonchev–Trinajstić information content (AvgIpc) is 3.03. The molecule has 1 N–H and O–H groups in total. The number of rotatable bonds is 3. The van der Waals surface area contributed by atoms with Crippen LogP contribution in [0.15, 0.2) is 30.5 Å². The third kappa shape index (κ3) is 2.35. The van der Waals surface area contributed by atoms with E-state index in [-0.39, 0.29) is 5.91 Å². The number of anilines is 1. The van der Waals surface area contributed by atoms with E-state index in [4.69, 9.17) is 4.74 Å². The molecule has 1 amide bonds. The van der Waals surface area contributed by atoms with Crippen LogP contribution in [0, 0.1) is 0 Å². The van der Waals surface area contributed by atoms with Gasteiger partial charge >= 0.3 is 0 Å². The van der Waals surface area contributed by atoms with Gasteiger partial charge in [0.2, 0.25) is 0 Å². The van der Waals surface area contributed by atoms with Crippen molar-refractivity contribution in [2.45, 2.75) is 0 Å². The minimum absolute atomic E-state index is 0.267. The van der Waals surface area contributed by atoms with E-state index in [0.29, 0.717) is 10.8 Å². The third-order valence-electron chi connectivity index (χ3n) is 2.76. The lowest BCUT2D eigenvalue weighted by atomic mass is 10.3. The van der Waals surface area contributed by atoms with Crippen molar-refractivity contribution in [1.29, 1.82) is 0 Å². The number of benzene rings is 1. The van der Waals surface area contributed by atoms with Gasteiger partial charge in [0.15, 0.2) is 10.8 Å². The van der Waals surface area contributed by atoms with Gasteiger partial charge in [-0.3, -0.25) is 14.8 Å². The summed E-state index contributed by atoms with van der Waals surface area (Å²) in [4.78, 5) is 16.3. The predicted octanol–water partition coefficient (Wildman–Crippen LogP) is 2.29. The number of methoxy groups -OCH3 is 1. The van der Waals surface area contributed by atoms with Gasteiger partial charge in [-0.05, 0) is 24.3 Å². The lowest BCUT2D eigenvalue weighted by Gasteiger charge is -1.96. The van der Waals surface area contributed by atoms with E-state index in [0.717, 1.165) is 16.0 Å². The molecule has 2 heterocycles. The molecule has 3 rings (SSSR count). The number of hydrogen-bond donors (Lipinski definition) is 1. The van der Waals surface area contributed by atoms with Crippen LogP contribution in [0.25, 0.3) is 10.2 Å². The number of hydrogen-bond acceptors (Lipinski definition) is 5. The van der Waals surface area contributed by atoms with Crippen LogP contribution in [0.5, 0.6) is 5.75 Å². The van der Waals surface area contributed by atoms with Crippen molar-refractivity contribution in [2.75, 3.05) is 12.4 Å². The fraction of sp³-hybridized carbons (Fsp3) is 0.154. The minimum atomic E-state index is -0.267. The number of nitrogens with one attached hydrogen (secondary N) is 1. The van der Waals surface area contributed by atoms with Gasteiger partial charge in [-0.2, -0.15) is 5.10 Å². The Morgan fingerprint density at radius 3 is 2.95 bits per heavy atom. The van der Waals surface area contributed by atoms with Crippen LogP contribution in [0.4, 0.5) is 5.13 Å². The summed E-state index contributed by atoms with van der Waals surface area (Å²) < 4.78 is 7.70. The number of carbonyl (C=O) groups is 1. The van der Waals surface area contributed by atoms with Gasteiger partial charge in [0.25, 0.3) is 5.91 Å². The number of thiazole rings is 1. The number of fused-ring (bicyclic) bond motifs is 1. The largest absolute Gasteiger partial charge is 0.497 e. The van der Waals surface area contributed by atoms with E-state index in [1.807, 2.05) is 18.2 Å². The molecule has 0 saturated carbocycles. The summed E-state index contributed by atoms with van der Waals surface area (Å²) in [7, 11) is 3.38. The highest BCUT2D eigenvalue weighted by Crippen LogP contribution is 2.29. The second kappa shape index (κ2) is 4.93. The van der Waals surface area contributed by atoms with Crippen molar-refractivity contribution in [3.8, 4) is 5.75 Å². The lowest BCUT2D eigenvalue weighted by molar-refractivity contribution is 0.102. The first-order valence-electron chi connectivity index (χ1n) is 5.91. The maximum atomic E-state index is 12.0. The predicted molar refractivity (Wildman–Crippen MR) is 77.3 cm³/mol. The van der Waals surface area contributed by atoms with E-state index in [2.05, 4.69) is 15.4 Å². The van der Waals surface area contributed by atoms with Crippen LogP contribution >= 0.6 is 11.3 Å².